The molecule has 0 fully saturated rings. The summed E-state index contributed by atoms with van der Waals surface area (Å²) in [5.41, 5.74) is 5.34. The fraction of sp³-hybridized carbons (Fsp3) is 0.167. The fourth-order valence-corrected chi connectivity index (χ4v) is 2.76. The highest BCUT2D eigenvalue weighted by Crippen LogP contribution is 2.30. The molecule has 0 radical (unpaired) electrons. The Morgan fingerprint density at radius 3 is 2.38 bits per heavy atom. The number of halogens is 2. The average molecular weight is 359 g/mol. The number of benzene rings is 2. The molecule has 0 aliphatic carbocycles. The molecular formula is C18H16Cl2N4. The van der Waals surface area contributed by atoms with Crippen LogP contribution in [-0.4, -0.2) is 9.78 Å². The highest BCUT2D eigenvalue weighted by Gasteiger charge is 2.13. The first-order valence-electron chi connectivity index (χ1n) is 7.46. The molecule has 1 aromatic heterocycles. The molecular weight excluding hydrogens is 343 g/mol. The zero-order chi connectivity index (χ0) is 17.3. The van der Waals surface area contributed by atoms with E-state index in [-0.39, 0.29) is 0 Å². The lowest BCUT2D eigenvalue weighted by Gasteiger charge is -2.07. The van der Waals surface area contributed by atoms with Crippen LogP contribution < -0.4 is 0 Å². The Hall–Kier alpha value is -2.17. The second-order valence-corrected chi connectivity index (χ2v) is 6.33. The van der Waals surface area contributed by atoms with Crippen molar-refractivity contribution >= 4 is 34.6 Å². The third kappa shape index (κ3) is 3.21. The lowest BCUT2D eigenvalue weighted by atomic mass is 10.2. The third-order valence-electron chi connectivity index (χ3n) is 3.77. The van der Waals surface area contributed by atoms with E-state index in [4.69, 9.17) is 23.2 Å². The van der Waals surface area contributed by atoms with Crippen molar-refractivity contribution < 1.29 is 0 Å². The summed E-state index contributed by atoms with van der Waals surface area (Å²) in [6.45, 7) is 5.96. The number of nitrogens with zero attached hydrogens (tertiary/aromatic N) is 4. The average Bonchev–Trinajstić information content (AvgIpc) is 2.83. The van der Waals surface area contributed by atoms with Gasteiger partial charge in [-0.15, -0.1) is 5.11 Å². The molecule has 0 spiro atoms. The second-order valence-electron chi connectivity index (χ2n) is 5.52. The molecule has 3 aromatic rings. The fourth-order valence-electron chi connectivity index (χ4n) is 2.47. The van der Waals surface area contributed by atoms with Crippen molar-refractivity contribution in [1.82, 2.24) is 9.78 Å². The summed E-state index contributed by atoms with van der Waals surface area (Å²) < 4.78 is 1.90. The SMILES string of the molecule is Cc1ccccc1-n1nc(C)c(N=Nc2ccc(Cl)c(Cl)c2)c1C. The molecule has 6 heteroatoms. The predicted molar refractivity (Wildman–Crippen MR) is 98.4 cm³/mol. The number of hydrogen-bond acceptors (Lipinski definition) is 3. The first kappa shape index (κ1) is 16.7. The number of aromatic nitrogens is 2. The molecule has 0 aliphatic heterocycles. The van der Waals surface area contributed by atoms with Crippen molar-refractivity contribution in [1.29, 1.82) is 0 Å². The maximum absolute atomic E-state index is 6.01. The molecule has 0 aliphatic rings. The standard InChI is InChI=1S/C18H16Cl2N4/c1-11-6-4-5-7-17(11)24-13(3)18(12(2)23-24)22-21-14-8-9-15(19)16(20)10-14/h4-10H,1-3H3. The van der Waals surface area contributed by atoms with Gasteiger partial charge in [0.15, 0.2) is 0 Å². The molecule has 24 heavy (non-hydrogen) atoms. The van der Waals surface area contributed by atoms with E-state index in [1.165, 1.54) is 0 Å². The topological polar surface area (TPSA) is 42.5 Å². The minimum Gasteiger partial charge on any atom is -0.235 e. The number of rotatable bonds is 3. The third-order valence-corrected chi connectivity index (χ3v) is 4.50. The summed E-state index contributed by atoms with van der Waals surface area (Å²) in [4.78, 5) is 0. The number of para-hydroxylation sites is 1. The molecule has 0 N–H and O–H groups in total. The van der Waals surface area contributed by atoms with Gasteiger partial charge in [-0.1, -0.05) is 41.4 Å². The summed E-state index contributed by atoms with van der Waals surface area (Å²) in [5, 5.41) is 14.2. The highest BCUT2D eigenvalue weighted by molar-refractivity contribution is 6.42. The Morgan fingerprint density at radius 2 is 1.67 bits per heavy atom. The minimum atomic E-state index is 0.456. The van der Waals surface area contributed by atoms with Crippen molar-refractivity contribution in [2.24, 2.45) is 10.2 Å². The Bertz CT molecular complexity index is 929. The number of azo groups is 1. The largest absolute Gasteiger partial charge is 0.235 e. The van der Waals surface area contributed by atoms with Crippen molar-refractivity contribution in [3.05, 3.63) is 69.5 Å². The lowest BCUT2D eigenvalue weighted by Crippen LogP contribution is -2.00. The van der Waals surface area contributed by atoms with Gasteiger partial charge in [-0.2, -0.15) is 10.2 Å². The zero-order valence-electron chi connectivity index (χ0n) is 13.6. The molecule has 122 valence electrons. The number of hydrogen-bond donors (Lipinski definition) is 0. The van der Waals surface area contributed by atoms with Crippen LogP contribution in [0.15, 0.2) is 52.7 Å². The maximum atomic E-state index is 6.01. The van der Waals surface area contributed by atoms with Crippen LogP contribution in [-0.2, 0) is 0 Å². The van der Waals surface area contributed by atoms with E-state index in [0.29, 0.717) is 15.7 Å². The monoisotopic (exact) mass is 358 g/mol. The molecule has 0 saturated carbocycles. The quantitative estimate of drug-likeness (QED) is 0.491. The first-order chi connectivity index (χ1) is 11.5. The van der Waals surface area contributed by atoms with Gasteiger partial charge >= 0.3 is 0 Å². The Morgan fingerprint density at radius 1 is 0.917 bits per heavy atom. The summed E-state index contributed by atoms with van der Waals surface area (Å²) in [5.74, 6) is 0. The van der Waals surface area contributed by atoms with E-state index < -0.39 is 0 Å². The van der Waals surface area contributed by atoms with Gasteiger partial charge in [-0.25, -0.2) is 4.68 Å². The first-order valence-corrected chi connectivity index (χ1v) is 8.22. The molecule has 0 atom stereocenters. The Labute approximate surface area is 150 Å². The van der Waals surface area contributed by atoms with Gasteiger partial charge in [-0.05, 0) is 50.6 Å². The zero-order valence-corrected chi connectivity index (χ0v) is 15.1. The summed E-state index contributed by atoms with van der Waals surface area (Å²) in [6.07, 6.45) is 0. The van der Waals surface area contributed by atoms with Crippen LogP contribution in [0.4, 0.5) is 11.4 Å². The summed E-state index contributed by atoms with van der Waals surface area (Å²) in [6, 6.07) is 13.3. The predicted octanol–water partition coefficient (Wildman–Crippen LogP) is 6.52. The van der Waals surface area contributed by atoms with Crippen molar-refractivity contribution in [3.8, 4) is 5.69 Å². The Kier molecular flexibility index (Phi) is 4.69. The summed E-state index contributed by atoms with van der Waals surface area (Å²) >= 11 is 11.9. The molecule has 4 nitrogen and oxygen atoms in total. The van der Waals surface area contributed by atoms with Crippen LogP contribution in [0.2, 0.25) is 10.0 Å². The van der Waals surface area contributed by atoms with Gasteiger partial charge in [0.2, 0.25) is 0 Å². The minimum absolute atomic E-state index is 0.456. The number of aryl methyl sites for hydroxylation is 2. The molecule has 3 rings (SSSR count). The smallest absolute Gasteiger partial charge is 0.130 e. The van der Waals surface area contributed by atoms with Gasteiger partial charge in [-0.3, -0.25) is 0 Å². The van der Waals surface area contributed by atoms with Gasteiger partial charge in [0, 0.05) is 0 Å². The normalized spacial score (nSPS) is 11.4. The molecule has 0 saturated heterocycles. The molecule has 1 heterocycles. The maximum Gasteiger partial charge on any atom is 0.130 e. The molecule has 0 unspecified atom stereocenters. The van der Waals surface area contributed by atoms with Crippen LogP contribution in [0.3, 0.4) is 0 Å². The summed E-state index contributed by atoms with van der Waals surface area (Å²) in [7, 11) is 0. The van der Waals surface area contributed by atoms with E-state index in [2.05, 4.69) is 28.3 Å². The Balaban J connectivity index is 1.99. The molecule has 0 amide bonds. The van der Waals surface area contributed by atoms with Gasteiger partial charge < -0.3 is 0 Å². The van der Waals surface area contributed by atoms with Crippen molar-refractivity contribution in [2.75, 3.05) is 0 Å². The van der Waals surface area contributed by atoms with Gasteiger partial charge in [0.1, 0.15) is 5.69 Å². The van der Waals surface area contributed by atoms with Crippen LogP contribution in [0.5, 0.6) is 0 Å². The van der Waals surface area contributed by atoms with Crippen LogP contribution in [0.25, 0.3) is 5.69 Å². The van der Waals surface area contributed by atoms with Crippen LogP contribution in [0.1, 0.15) is 17.0 Å². The van der Waals surface area contributed by atoms with Crippen molar-refractivity contribution in [3.63, 3.8) is 0 Å². The van der Waals surface area contributed by atoms with E-state index in [9.17, 15) is 0 Å². The van der Waals surface area contributed by atoms with E-state index in [1.807, 2.05) is 36.7 Å². The molecule has 0 bridgehead atoms. The lowest BCUT2D eigenvalue weighted by molar-refractivity contribution is 0.827. The van der Waals surface area contributed by atoms with E-state index in [0.717, 1.165) is 28.3 Å². The van der Waals surface area contributed by atoms with Crippen LogP contribution >= 0.6 is 23.2 Å². The second kappa shape index (κ2) is 6.75. The van der Waals surface area contributed by atoms with Crippen LogP contribution in [0, 0.1) is 20.8 Å². The van der Waals surface area contributed by atoms with Gasteiger partial charge in [0.05, 0.1) is 32.8 Å². The van der Waals surface area contributed by atoms with Gasteiger partial charge in [0.25, 0.3) is 0 Å². The molecule has 2 aromatic carbocycles. The van der Waals surface area contributed by atoms with E-state index in [1.54, 1.807) is 18.2 Å². The van der Waals surface area contributed by atoms with E-state index >= 15 is 0 Å². The van der Waals surface area contributed by atoms with Crippen molar-refractivity contribution in [2.45, 2.75) is 20.8 Å². The highest BCUT2D eigenvalue weighted by atomic mass is 35.5.